The van der Waals surface area contributed by atoms with E-state index < -0.39 is 18.0 Å². The number of nitrogens with zero attached hydrogens (tertiary/aromatic N) is 2. The fraction of sp³-hybridized carbons (Fsp3) is 0.280. The highest BCUT2D eigenvalue weighted by Crippen LogP contribution is 2.44. The molecule has 0 bridgehead atoms. The topological polar surface area (TPSA) is 125 Å². The molecule has 9 heteroatoms. The molecule has 3 N–H and O–H groups in total. The van der Waals surface area contributed by atoms with Gasteiger partial charge in [0.25, 0.3) is 5.91 Å². The lowest BCUT2D eigenvalue weighted by Gasteiger charge is -2.14. The van der Waals surface area contributed by atoms with Gasteiger partial charge < -0.3 is 14.7 Å². The van der Waals surface area contributed by atoms with Gasteiger partial charge in [0.05, 0.1) is 5.92 Å². The third kappa shape index (κ3) is 3.89. The number of carbonyl (C=O) groups excluding carboxylic acids is 2. The molecular weight excluding hydrogens is 436 g/mol. The van der Waals surface area contributed by atoms with E-state index in [2.05, 4.69) is 27.6 Å². The van der Waals surface area contributed by atoms with Crippen LogP contribution in [0.4, 0.5) is 10.6 Å². The highest BCUT2D eigenvalue weighted by atomic mass is 16.5. The highest BCUT2D eigenvalue weighted by Gasteiger charge is 2.37. The Balaban J connectivity index is 1.21. The largest absolute Gasteiger partial charge is 0.481 e. The van der Waals surface area contributed by atoms with Crippen LogP contribution in [0.1, 0.15) is 34.5 Å². The first-order chi connectivity index (χ1) is 16.4. The third-order valence-electron chi connectivity index (χ3n) is 6.60. The second-order valence-electron chi connectivity index (χ2n) is 8.75. The zero-order valence-corrected chi connectivity index (χ0v) is 18.5. The molecule has 2 heterocycles. The normalized spacial score (nSPS) is 18.9. The minimum atomic E-state index is -0.912. The Morgan fingerprint density at radius 1 is 1.09 bits per heavy atom. The number of aliphatic carboxylic acids is 1. The number of fused-ring (bicyclic) bond motifs is 3. The van der Waals surface area contributed by atoms with Crippen LogP contribution in [0.15, 0.2) is 54.6 Å². The van der Waals surface area contributed by atoms with E-state index in [0.29, 0.717) is 6.54 Å². The minimum absolute atomic E-state index is 0.0613. The number of ether oxygens (including phenoxy) is 1. The monoisotopic (exact) mass is 460 g/mol. The Morgan fingerprint density at radius 2 is 1.74 bits per heavy atom. The van der Waals surface area contributed by atoms with Crippen molar-refractivity contribution in [2.45, 2.75) is 12.8 Å². The van der Waals surface area contributed by atoms with E-state index in [4.69, 9.17) is 4.74 Å². The number of H-pyrrole nitrogens is 1. The minimum Gasteiger partial charge on any atom is -0.481 e. The van der Waals surface area contributed by atoms with Crippen LogP contribution in [-0.4, -0.2) is 57.9 Å². The van der Waals surface area contributed by atoms with Gasteiger partial charge in [0.15, 0.2) is 5.82 Å². The SMILES string of the molecule is C[C@@H]1CN(C(=O)c2cc(NC(=O)OCC3c4ccccc4-c4ccccc43)n[nH]2)C[C@H]1C(=O)O. The predicted molar refractivity (Wildman–Crippen MR) is 123 cm³/mol. The van der Waals surface area contributed by atoms with Crippen LogP contribution in [0.2, 0.25) is 0 Å². The molecule has 3 aromatic rings. The fourth-order valence-corrected chi connectivity index (χ4v) is 4.86. The number of carbonyl (C=O) groups is 3. The van der Waals surface area contributed by atoms with Gasteiger partial charge in [0.1, 0.15) is 12.3 Å². The van der Waals surface area contributed by atoms with E-state index in [0.717, 1.165) is 22.3 Å². The van der Waals surface area contributed by atoms with Gasteiger partial charge in [0.2, 0.25) is 0 Å². The van der Waals surface area contributed by atoms with Crippen molar-refractivity contribution in [3.63, 3.8) is 0 Å². The number of amides is 2. The Labute approximate surface area is 195 Å². The average Bonchev–Trinajstić information content (AvgIpc) is 3.53. The number of nitrogens with one attached hydrogen (secondary N) is 2. The number of aromatic amines is 1. The lowest BCUT2D eigenvalue weighted by atomic mass is 9.98. The number of aromatic nitrogens is 2. The summed E-state index contributed by atoms with van der Waals surface area (Å²) in [6.45, 7) is 2.47. The molecule has 1 fully saturated rings. The lowest BCUT2D eigenvalue weighted by Crippen LogP contribution is -2.30. The fourth-order valence-electron chi connectivity index (χ4n) is 4.86. The summed E-state index contributed by atoms with van der Waals surface area (Å²) in [5.41, 5.74) is 4.69. The van der Waals surface area contributed by atoms with Crippen LogP contribution in [0.25, 0.3) is 11.1 Å². The Hall–Kier alpha value is -4.14. The van der Waals surface area contributed by atoms with E-state index in [1.165, 1.54) is 11.0 Å². The van der Waals surface area contributed by atoms with Crippen LogP contribution in [0, 0.1) is 11.8 Å². The summed E-state index contributed by atoms with van der Waals surface area (Å²) >= 11 is 0. The summed E-state index contributed by atoms with van der Waals surface area (Å²) < 4.78 is 5.50. The van der Waals surface area contributed by atoms with Gasteiger partial charge in [-0.3, -0.25) is 20.0 Å². The second-order valence-corrected chi connectivity index (χ2v) is 8.75. The summed E-state index contributed by atoms with van der Waals surface area (Å²) in [5, 5.41) is 18.4. The van der Waals surface area contributed by atoms with E-state index in [-0.39, 0.29) is 42.4 Å². The first-order valence-electron chi connectivity index (χ1n) is 11.1. The van der Waals surface area contributed by atoms with Crippen LogP contribution in [-0.2, 0) is 9.53 Å². The van der Waals surface area contributed by atoms with Gasteiger partial charge in [-0.25, -0.2) is 4.79 Å². The zero-order valence-electron chi connectivity index (χ0n) is 18.5. The van der Waals surface area contributed by atoms with Crippen LogP contribution < -0.4 is 5.32 Å². The summed E-state index contributed by atoms with van der Waals surface area (Å²) in [4.78, 5) is 37.9. The molecule has 1 aliphatic heterocycles. The molecule has 1 aromatic heterocycles. The molecule has 1 saturated heterocycles. The molecule has 1 aliphatic carbocycles. The van der Waals surface area contributed by atoms with Crippen molar-refractivity contribution in [2.75, 3.05) is 25.0 Å². The molecule has 0 spiro atoms. The molecular formula is C25H24N4O5. The molecule has 0 saturated carbocycles. The average molecular weight is 460 g/mol. The second kappa shape index (κ2) is 8.66. The summed E-state index contributed by atoms with van der Waals surface area (Å²) in [5.74, 6) is -1.90. The van der Waals surface area contributed by atoms with Crippen molar-refractivity contribution in [2.24, 2.45) is 11.8 Å². The van der Waals surface area contributed by atoms with Crippen molar-refractivity contribution in [1.82, 2.24) is 15.1 Å². The first-order valence-corrected chi connectivity index (χ1v) is 11.1. The van der Waals surface area contributed by atoms with E-state index in [1.54, 1.807) is 0 Å². The molecule has 2 atom stereocenters. The number of carboxylic acid groups (broad SMARTS) is 1. The number of anilines is 1. The number of likely N-dealkylation sites (tertiary alicyclic amines) is 1. The lowest BCUT2D eigenvalue weighted by molar-refractivity contribution is -0.142. The number of rotatable bonds is 5. The quantitative estimate of drug-likeness (QED) is 0.535. The smallest absolute Gasteiger partial charge is 0.412 e. The standard InChI is InChI=1S/C25H24N4O5/c1-14-11-29(12-19(14)24(31)32)23(30)21-10-22(28-27-21)26-25(33)34-13-20-17-8-4-2-6-15(17)16-7-3-5-9-18(16)20/h2-10,14,19-20H,11-13H2,1H3,(H,31,32)(H2,26,27,28,33)/t14-,19-/m1/s1. The van der Waals surface area contributed by atoms with Crippen LogP contribution in [0.5, 0.6) is 0 Å². The third-order valence-corrected chi connectivity index (χ3v) is 6.60. The maximum absolute atomic E-state index is 12.7. The maximum atomic E-state index is 12.7. The van der Waals surface area contributed by atoms with E-state index in [9.17, 15) is 19.5 Å². The van der Waals surface area contributed by atoms with Crippen molar-refractivity contribution >= 4 is 23.8 Å². The molecule has 0 radical (unpaired) electrons. The summed E-state index contributed by atoms with van der Waals surface area (Å²) in [7, 11) is 0. The number of hydrogen-bond donors (Lipinski definition) is 3. The molecule has 174 valence electrons. The number of carboxylic acids is 1. The van der Waals surface area contributed by atoms with E-state index >= 15 is 0 Å². The van der Waals surface area contributed by atoms with Gasteiger partial charge in [0, 0.05) is 25.1 Å². The summed E-state index contributed by atoms with van der Waals surface area (Å²) in [6, 6.07) is 17.6. The van der Waals surface area contributed by atoms with Gasteiger partial charge in [-0.15, -0.1) is 0 Å². The van der Waals surface area contributed by atoms with E-state index in [1.807, 2.05) is 43.3 Å². The van der Waals surface area contributed by atoms with Gasteiger partial charge in [-0.2, -0.15) is 5.10 Å². The van der Waals surface area contributed by atoms with Crippen molar-refractivity contribution in [1.29, 1.82) is 0 Å². The Morgan fingerprint density at radius 3 is 2.35 bits per heavy atom. The van der Waals surface area contributed by atoms with Crippen molar-refractivity contribution in [3.05, 3.63) is 71.4 Å². The van der Waals surface area contributed by atoms with Gasteiger partial charge in [-0.05, 0) is 28.2 Å². The van der Waals surface area contributed by atoms with Crippen molar-refractivity contribution in [3.8, 4) is 11.1 Å². The molecule has 0 unspecified atom stereocenters. The highest BCUT2D eigenvalue weighted by molar-refractivity contribution is 5.95. The van der Waals surface area contributed by atoms with Gasteiger partial charge >= 0.3 is 12.1 Å². The molecule has 2 amide bonds. The number of benzene rings is 2. The number of hydrogen-bond acceptors (Lipinski definition) is 5. The summed E-state index contributed by atoms with van der Waals surface area (Å²) in [6.07, 6.45) is -0.673. The molecule has 2 aromatic carbocycles. The molecule has 34 heavy (non-hydrogen) atoms. The van der Waals surface area contributed by atoms with Gasteiger partial charge in [-0.1, -0.05) is 55.5 Å². The van der Waals surface area contributed by atoms with Crippen molar-refractivity contribution < 1.29 is 24.2 Å². The molecule has 5 rings (SSSR count). The molecule has 9 nitrogen and oxygen atoms in total. The first kappa shape index (κ1) is 21.7. The van der Waals surface area contributed by atoms with Crippen LogP contribution >= 0.6 is 0 Å². The predicted octanol–water partition coefficient (Wildman–Crippen LogP) is 3.56. The Kier molecular flexibility index (Phi) is 5.53. The molecule has 2 aliphatic rings. The van der Waals surface area contributed by atoms with Crippen LogP contribution in [0.3, 0.4) is 0 Å². The zero-order chi connectivity index (χ0) is 23.8. The maximum Gasteiger partial charge on any atom is 0.412 e. The Bertz CT molecular complexity index is 1220.